The van der Waals surface area contributed by atoms with Crippen molar-refractivity contribution in [1.29, 1.82) is 0 Å². The van der Waals surface area contributed by atoms with Gasteiger partial charge in [-0.25, -0.2) is 9.48 Å². The molecule has 3 heterocycles. The Labute approximate surface area is 193 Å². The maximum Gasteiger partial charge on any atom is 0.404 e. The Kier molecular flexibility index (Phi) is 5.91. The average molecular weight is 536 g/mol. The number of anilines is 1. The minimum atomic E-state index is -1.00. The summed E-state index contributed by atoms with van der Waals surface area (Å²) in [6.07, 6.45) is 0.615. The number of nitrogens with zero attached hydrogens (tertiary/aromatic N) is 5. The minimum Gasteiger partial charge on any atom is -0.465 e. The van der Waals surface area contributed by atoms with Gasteiger partial charge in [-0.2, -0.15) is 10.1 Å². The molecular weight excluding hydrogens is 511 g/mol. The van der Waals surface area contributed by atoms with Crippen LogP contribution in [0.25, 0.3) is 11.0 Å². The van der Waals surface area contributed by atoms with Crippen LogP contribution in [0, 0.1) is 9.12 Å². The Morgan fingerprint density at radius 3 is 2.58 bits per heavy atom. The molecule has 9 nitrogen and oxygen atoms in total. The number of rotatable bonds is 5. The lowest BCUT2D eigenvalue weighted by Crippen LogP contribution is -2.46. The van der Waals surface area contributed by atoms with Gasteiger partial charge < -0.3 is 15.3 Å². The summed E-state index contributed by atoms with van der Waals surface area (Å²) in [6.45, 7) is 4.46. The molecule has 0 bridgehead atoms. The number of piperidine rings is 1. The highest BCUT2D eigenvalue weighted by molar-refractivity contribution is 14.1. The predicted octanol–water partition coefficient (Wildman–Crippen LogP) is 2.66. The Hall–Kier alpha value is -2.63. The van der Waals surface area contributed by atoms with Gasteiger partial charge in [-0.3, -0.25) is 9.36 Å². The molecule has 4 rings (SSSR count). The van der Waals surface area contributed by atoms with E-state index >= 15 is 0 Å². The quantitative estimate of drug-likeness (QED) is 0.486. The van der Waals surface area contributed by atoms with Crippen molar-refractivity contribution in [2.24, 2.45) is 12.5 Å². The van der Waals surface area contributed by atoms with Crippen molar-refractivity contribution in [2.45, 2.75) is 26.3 Å². The fraction of sp³-hybridized carbons (Fsp3) is 0.429. The van der Waals surface area contributed by atoms with Crippen LogP contribution in [0.4, 0.5) is 10.7 Å². The smallest absolute Gasteiger partial charge is 0.404 e. The zero-order chi connectivity index (χ0) is 22.2. The van der Waals surface area contributed by atoms with E-state index in [1.807, 2.05) is 30.3 Å². The first-order chi connectivity index (χ1) is 14.8. The van der Waals surface area contributed by atoms with Crippen molar-refractivity contribution in [3.05, 3.63) is 49.9 Å². The zero-order valence-corrected chi connectivity index (χ0v) is 19.7. The molecule has 0 spiro atoms. The van der Waals surface area contributed by atoms with Crippen LogP contribution in [-0.2, 0) is 13.6 Å². The van der Waals surface area contributed by atoms with Crippen LogP contribution in [0.3, 0.4) is 0 Å². The lowest BCUT2D eigenvalue weighted by molar-refractivity contribution is 0.178. The molecule has 10 heteroatoms. The van der Waals surface area contributed by atoms with Crippen molar-refractivity contribution in [3.8, 4) is 0 Å². The molecule has 0 aliphatic carbocycles. The highest BCUT2D eigenvalue weighted by Gasteiger charge is 2.32. The largest absolute Gasteiger partial charge is 0.465 e. The SMILES string of the molecule is Cn1c(N2CCC(C)(CNC(=O)O)CC2)nc2c(c(I)nn2Cc2ccccc2)c1=O. The van der Waals surface area contributed by atoms with Crippen LogP contribution in [0.1, 0.15) is 25.3 Å². The maximum absolute atomic E-state index is 13.1. The van der Waals surface area contributed by atoms with Crippen LogP contribution in [0.2, 0.25) is 0 Å². The van der Waals surface area contributed by atoms with Gasteiger partial charge in [0.1, 0.15) is 9.09 Å². The van der Waals surface area contributed by atoms with Gasteiger partial charge in [0, 0.05) is 26.7 Å². The molecule has 1 aliphatic heterocycles. The highest BCUT2D eigenvalue weighted by atomic mass is 127. The van der Waals surface area contributed by atoms with Crippen LogP contribution in [0.15, 0.2) is 35.1 Å². The van der Waals surface area contributed by atoms with E-state index in [-0.39, 0.29) is 11.0 Å². The van der Waals surface area contributed by atoms with Crippen LogP contribution < -0.4 is 15.8 Å². The summed E-state index contributed by atoms with van der Waals surface area (Å²) >= 11 is 2.10. The summed E-state index contributed by atoms with van der Waals surface area (Å²) in [4.78, 5) is 31.0. The summed E-state index contributed by atoms with van der Waals surface area (Å²) in [7, 11) is 1.74. The van der Waals surface area contributed by atoms with Crippen molar-refractivity contribution in [2.75, 3.05) is 24.5 Å². The number of carboxylic acid groups (broad SMARTS) is 1. The topological polar surface area (TPSA) is 105 Å². The Morgan fingerprint density at radius 2 is 1.94 bits per heavy atom. The second kappa shape index (κ2) is 8.48. The molecule has 1 amide bonds. The molecule has 3 aromatic rings. The number of halogens is 1. The molecule has 0 radical (unpaired) electrons. The molecule has 31 heavy (non-hydrogen) atoms. The number of amides is 1. The van der Waals surface area contributed by atoms with Crippen LogP contribution in [0.5, 0.6) is 0 Å². The average Bonchev–Trinajstić information content (AvgIpc) is 3.06. The molecule has 1 aliphatic rings. The second-order valence-corrected chi connectivity index (χ2v) is 9.39. The monoisotopic (exact) mass is 536 g/mol. The first-order valence-corrected chi connectivity index (χ1v) is 11.2. The van der Waals surface area contributed by atoms with E-state index in [2.05, 4.69) is 44.8 Å². The Balaban J connectivity index is 1.65. The van der Waals surface area contributed by atoms with Gasteiger partial charge in [-0.15, -0.1) is 0 Å². The molecule has 2 aromatic heterocycles. The summed E-state index contributed by atoms with van der Waals surface area (Å²) in [5.41, 5.74) is 1.46. The van der Waals surface area contributed by atoms with Gasteiger partial charge in [0.05, 0.1) is 6.54 Å². The van der Waals surface area contributed by atoms with Crippen molar-refractivity contribution >= 4 is 45.7 Å². The standard InChI is InChI=1S/C21H25IN6O3/c1-21(13-23-20(30)31)8-10-27(11-9-21)19-24-17-15(18(29)26(19)2)16(22)25-28(17)12-14-6-4-3-5-7-14/h3-7,23H,8-13H2,1-2H3,(H,30,31). The number of nitrogens with one attached hydrogen (secondary N) is 1. The molecular formula is C21H25IN6O3. The van der Waals surface area contributed by atoms with Gasteiger partial charge in [-0.05, 0) is 46.4 Å². The molecule has 1 saturated heterocycles. The third kappa shape index (κ3) is 4.39. The molecule has 0 saturated carbocycles. The van der Waals surface area contributed by atoms with Crippen LogP contribution >= 0.6 is 22.6 Å². The zero-order valence-electron chi connectivity index (χ0n) is 17.5. The van der Waals surface area contributed by atoms with Crippen molar-refractivity contribution in [3.63, 3.8) is 0 Å². The predicted molar refractivity (Wildman–Crippen MR) is 127 cm³/mol. The lowest BCUT2D eigenvalue weighted by atomic mass is 9.80. The Bertz CT molecular complexity index is 1170. The molecule has 164 valence electrons. The summed E-state index contributed by atoms with van der Waals surface area (Å²) < 4.78 is 4.04. The number of hydrogen-bond acceptors (Lipinski definition) is 5. The third-order valence-electron chi connectivity index (χ3n) is 6.00. The molecule has 0 atom stereocenters. The van der Waals surface area contributed by atoms with Gasteiger partial charge >= 0.3 is 6.09 Å². The fourth-order valence-electron chi connectivity index (χ4n) is 4.01. The summed E-state index contributed by atoms with van der Waals surface area (Å²) in [5.74, 6) is 0.622. The number of aromatic nitrogens is 4. The normalized spacial score (nSPS) is 15.9. The number of carbonyl (C=O) groups is 1. The van der Waals surface area contributed by atoms with E-state index in [1.54, 1.807) is 16.3 Å². The molecule has 2 N–H and O–H groups in total. The second-order valence-electron chi connectivity index (χ2n) is 8.37. The lowest BCUT2D eigenvalue weighted by Gasteiger charge is -2.40. The number of fused-ring (bicyclic) bond motifs is 1. The minimum absolute atomic E-state index is 0.107. The van der Waals surface area contributed by atoms with E-state index in [4.69, 9.17) is 10.1 Å². The first-order valence-electron chi connectivity index (χ1n) is 10.2. The Morgan fingerprint density at radius 1 is 1.26 bits per heavy atom. The van der Waals surface area contributed by atoms with E-state index in [0.29, 0.717) is 46.9 Å². The van der Waals surface area contributed by atoms with E-state index in [0.717, 1.165) is 18.4 Å². The van der Waals surface area contributed by atoms with Crippen LogP contribution in [-0.4, -0.2) is 50.2 Å². The maximum atomic E-state index is 13.1. The van der Waals surface area contributed by atoms with Crippen molar-refractivity contribution in [1.82, 2.24) is 24.6 Å². The van der Waals surface area contributed by atoms with Gasteiger partial charge in [0.15, 0.2) is 5.65 Å². The first kappa shape index (κ1) is 21.6. The highest BCUT2D eigenvalue weighted by Crippen LogP contribution is 2.32. The number of hydrogen-bond donors (Lipinski definition) is 2. The van der Waals surface area contributed by atoms with E-state index in [9.17, 15) is 9.59 Å². The fourth-order valence-corrected chi connectivity index (χ4v) is 4.74. The number of benzene rings is 1. The van der Waals surface area contributed by atoms with Gasteiger partial charge in [-0.1, -0.05) is 37.3 Å². The van der Waals surface area contributed by atoms with Crippen molar-refractivity contribution < 1.29 is 9.90 Å². The van der Waals surface area contributed by atoms with Gasteiger partial charge in [0.2, 0.25) is 5.95 Å². The summed E-state index contributed by atoms with van der Waals surface area (Å²) in [6, 6.07) is 9.98. The molecule has 1 fully saturated rings. The molecule has 0 unspecified atom stereocenters. The van der Waals surface area contributed by atoms with E-state index in [1.165, 1.54) is 0 Å². The van der Waals surface area contributed by atoms with Gasteiger partial charge in [0.25, 0.3) is 5.56 Å². The molecule has 1 aromatic carbocycles. The summed E-state index contributed by atoms with van der Waals surface area (Å²) in [5, 5.41) is 16.5. The van der Waals surface area contributed by atoms with E-state index < -0.39 is 6.09 Å². The third-order valence-corrected chi connectivity index (χ3v) is 6.76.